The number of benzene rings is 2. The largest absolute Gasteiger partial charge is 0.440 e. The summed E-state index contributed by atoms with van der Waals surface area (Å²) in [6, 6.07) is 12.3. The zero-order valence-corrected chi connectivity index (χ0v) is 11.8. The van der Waals surface area contributed by atoms with Crippen LogP contribution in [0.2, 0.25) is 0 Å². The average molecular weight is 320 g/mol. The van der Waals surface area contributed by atoms with Crippen molar-refractivity contribution in [2.24, 2.45) is 0 Å². The molecule has 3 rings (SSSR count). The first-order chi connectivity index (χ1) is 9.17. The van der Waals surface area contributed by atoms with Crippen LogP contribution in [0.3, 0.4) is 0 Å². The quantitative estimate of drug-likeness (QED) is 0.715. The zero-order chi connectivity index (χ0) is 13.4. The van der Waals surface area contributed by atoms with Gasteiger partial charge in [0.25, 0.3) is 0 Å². The van der Waals surface area contributed by atoms with Crippen LogP contribution in [0.1, 0.15) is 0 Å². The Kier molecular flexibility index (Phi) is 3.03. The molecule has 0 aliphatic carbocycles. The van der Waals surface area contributed by atoms with Crippen LogP contribution >= 0.6 is 15.9 Å². The lowest BCUT2D eigenvalue weighted by molar-refractivity contribution is 0.627. The van der Waals surface area contributed by atoms with Gasteiger partial charge in [-0.15, -0.1) is 0 Å². The number of anilines is 1. The van der Waals surface area contributed by atoms with E-state index in [4.69, 9.17) is 4.42 Å². The highest BCUT2D eigenvalue weighted by atomic mass is 79.9. The lowest BCUT2D eigenvalue weighted by Gasteiger charge is -2.04. The third kappa shape index (κ3) is 2.24. The first kappa shape index (κ1) is 12.2. The number of rotatable bonds is 2. The SMILES string of the molecule is CNc1cc2cc(Br)cc(-c3ccc(F)cc3)c2o1. The second-order valence-corrected chi connectivity index (χ2v) is 5.15. The van der Waals surface area contributed by atoms with E-state index in [1.807, 2.05) is 25.2 Å². The van der Waals surface area contributed by atoms with Crippen molar-refractivity contribution in [1.29, 1.82) is 0 Å². The van der Waals surface area contributed by atoms with Crippen LogP contribution in [-0.2, 0) is 0 Å². The molecule has 2 aromatic carbocycles. The molecule has 1 N–H and O–H groups in total. The van der Waals surface area contributed by atoms with Crippen molar-refractivity contribution in [2.75, 3.05) is 12.4 Å². The minimum atomic E-state index is -0.245. The molecule has 1 aromatic heterocycles. The molecule has 0 saturated heterocycles. The second-order valence-electron chi connectivity index (χ2n) is 4.24. The molecule has 96 valence electrons. The first-order valence-electron chi connectivity index (χ1n) is 5.84. The molecule has 0 aliphatic rings. The number of hydrogen-bond acceptors (Lipinski definition) is 2. The maximum Gasteiger partial charge on any atom is 0.193 e. The maximum atomic E-state index is 13.0. The minimum Gasteiger partial charge on any atom is -0.440 e. The molecule has 0 bridgehead atoms. The van der Waals surface area contributed by atoms with Crippen LogP contribution in [0.4, 0.5) is 10.3 Å². The van der Waals surface area contributed by atoms with Crippen molar-refractivity contribution in [1.82, 2.24) is 0 Å². The van der Waals surface area contributed by atoms with E-state index in [0.29, 0.717) is 5.88 Å². The molecule has 0 amide bonds. The topological polar surface area (TPSA) is 25.2 Å². The smallest absolute Gasteiger partial charge is 0.193 e. The summed E-state index contributed by atoms with van der Waals surface area (Å²) >= 11 is 3.49. The molecule has 0 radical (unpaired) electrons. The Morgan fingerprint density at radius 1 is 1.11 bits per heavy atom. The van der Waals surface area contributed by atoms with Gasteiger partial charge >= 0.3 is 0 Å². The lowest BCUT2D eigenvalue weighted by atomic mass is 10.0. The van der Waals surface area contributed by atoms with Gasteiger partial charge in [0.15, 0.2) is 5.88 Å². The Morgan fingerprint density at radius 3 is 2.53 bits per heavy atom. The Balaban J connectivity index is 2.26. The molecule has 0 aliphatic heterocycles. The third-order valence-corrected chi connectivity index (χ3v) is 3.44. The standard InChI is InChI=1S/C15H11BrFNO/c1-18-14-7-10-6-11(16)8-13(15(10)19-14)9-2-4-12(17)5-3-9/h2-8,18H,1H3. The molecule has 1 heterocycles. The predicted molar refractivity (Wildman–Crippen MR) is 78.9 cm³/mol. The van der Waals surface area contributed by atoms with Gasteiger partial charge in [0, 0.05) is 28.5 Å². The highest BCUT2D eigenvalue weighted by Gasteiger charge is 2.11. The Hall–Kier alpha value is -1.81. The van der Waals surface area contributed by atoms with Crippen LogP contribution in [-0.4, -0.2) is 7.05 Å². The molecule has 0 unspecified atom stereocenters. The van der Waals surface area contributed by atoms with E-state index in [9.17, 15) is 4.39 Å². The summed E-state index contributed by atoms with van der Waals surface area (Å²) in [5.74, 6) is 0.460. The normalized spacial score (nSPS) is 10.9. The van der Waals surface area contributed by atoms with E-state index in [2.05, 4.69) is 21.2 Å². The van der Waals surface area contributed by atoms with Gasteiger partial charge in [-0.3, -0.25) is 0 Å². The van der Waals surface area contributed by atoms with E-state index in [-0.39, 0.29) is 5.82 Å². The fraction of sp³-hybridized carbons (Fsp3) is 0.0667. The van der Waals surface area contributed by atoms with Crippen molar-refractivity contribution in [2.45, 2.75) is 0 Å². The van der Waals surface area contributed by atoms with Crippen LogP contribution in [0.25, 0.3) is 22.1 Å². The molecule has 0 fully saturated rings. The third-order valence-electron chi connectivity index (χ3n) is 2.98. The highest BCUT2D eigenvalue weighted by Crippen LogP contribution is 2.35. The summed E-state index contributed by atoms with van der Waals surface area (Å²) in [7, 11) is 1.81. The summed E-state index contributed by atoms with van der Waals surface area (Å²) < 4.78 is 19.7. The van der Waals surface area contributed by atoms with Crippen molar-refractivity contribution in [3.63, 3.8) is 0 Å². The van der Waals surface area contributed by atoms with Crippen LogP contribution in [0, 0.1) is 5.82 Å². The van der Waals surface area contributed by atoms with Crippen LogP contribution in [0.15, 0.2) is 51.4 Å². The molecule has 0 spiro atoms. The fourth-order valence-corrected chi connectivity index (χ4v) is 2.56. The van der Waals surface area contributed by atoms with Crippen molar-refractivity contribution < 1.29 is 8.81 Å². The summed E-state index contributed by atoms with van der Waals surface area (Å²) in [4.78, 5) is 0. The molecule has 2 nitrogen and oxygen atoms in total. The summed E-state index contributed by atoms with van der Waals surface area (Å²) in [6.07, 6.45) is 0. The van der Waals surface area contributed by atoms with Crippen LogP contribution < -0.4 is 5.32 Å². The summed E-state index contributed by atoms with van der Waals surface area (Å²) in [5, 5.41) is 3.98. The average Bonchev–Trinajstić information content (AvgIpc) is 2.81. The molecular formula is C15H11BrFNO. The molecule has 0 saturated carbocycles. The number of fused-ring (bicyclic) bond motifs is 1. The van der Waals surface area contributed by atoms with E-state index in [1.54, 1.807) is 12.1 Å². The highest BCUT2D eigenvalue weighted by molar-refractivity contribution is 9.10. The minimum absolute atomic E-state index is 0.245. The van der Waals surface area contributed by atoms with Gasteiger partial charge in [0.05, 0.1) is 0 Å². The lowest BCUT2D eigenvalue weighted by Crippen LogP contribution is -1.82. The summed E-state index contributed by atoms with van der Waals surface area (Å²) in [5.41, 5.74) is 2.65. The Morgan fingerprint density at radius 2 is 1.84 bits per heavy atom. The fourth-order valence-electron chi connectivity index (χ4n) is 2.08. The van der Waals surface area contributed by atoms with Gasteiger partial charge < -0.3 is 9.73 Å². The Bertz CT molecular complexity index is 734. The number of furan rings is 1. The van der Waals surface area contributed by atoms with Gasteiger partial charge in [-0.1, -0.05) is 28.1 Å². The van der Waals surface area contributed by atoms with Gasteiger partial charge in [0.2, 0.25) is 0 Å². The van der Waals surface area contributed by atoms with E-state index in [0.717, 1.165) is 26.6 Å². The van der Waals surface area contributed by atoms with Crippen molar-refractivity contribution >= 4 is 32.8 Å². The molecule has 3 aromatic rings. The van der Waals surface area contributed by atoms with Gasteiger partial charge in [0.1, 0.15) is 11.4 Å². The number of hydrogen-bond donors (Lipinski definition) is 1. The summed E-state index contributed by atoms with van der Waals surface area (Å²) in [6.45, 7) is 0. The predicted octanol–water partition coefficient (Wildman–Crippen LogP) is 5.04. The van der Waals surface area contributed by atoms with E-state index >= 15 is 0 Å². The molecule has 19 heavy (non-hydrogen) atoms. The van der Waals surface area contributed by atoms with Crippen molar-refractivity contribution in [3.8, 4) is 11.1 Å². The molecule has 0 atom stereocenters. The number of nitrogens with one attached hydrogen (secondary N) is 1. The second kappa shape index (κ2) is 4.70. The monoisotopic (exact) mass is 319 g/mol. The van der Waals surface area contributed by atoms with E-state index in [1.165, 1.54) is 12.1 Å². The van der Waals surface area contributed by atoms with Gasteiger partial charge in [-0.05, 0) is 29.8 Å². The zero-order valence-electron chi connectivity index (χ0n) is 10.2. The first-order valence-corrected chi connectivity index (χ1v) is 6.63. The van der Waals surface area contributed by atoms with Gasteiger partial charge in [-0.25, -0.2) is 4.39 Å². The van der Waals surface area contributed by atoms with Crippen LogP contribution in [0.5, 0.6) is 0 Å². The van der Waals surface area contributed by atoms with Gasteiger partial charge in [-0.2, -0.15) is 0 Å². The Labute approximate surface area is 118 Å². The maximum absolute atomic E-state index is 13.0. The molecular weight excluding hydrogens is 309 g/mol. The van der Waals surface area contributed by atoms with Crippen molar-refractivity contribution in [3.05, 3.63) is 52.8 Å². The number of halogens is 2. The van der Waals surface area contributed by atoms with E-state index < -0.39 is 0 Å². The molecule has 4 heteroatoms.